The first-order valence-electron chi connectivity index (χ1n) is 5.21. The van der Waals surface area contributed by atoms with Gasteiger partial charge < -0.3 is 20.5 Å². The van der Waals surface area contributed by atoms with Gasteiger partial charge in [0, 0.05) is 17.5 Å². The van der Waals surface area contributed by atoms with Crippen molar-refractivity contribution in [3.63, 3.8) is 0 Å². The summed E-state index contributed by atoms with van der Waals surface area (Å²) in [5.41, 5.74) is 0.439. The van der Waals surface area contributed by atoms with Gasteiger partial charge in [0.05, 0.1) is 5.52 Å². The minimum absolute atomic E-state index is 0.178. The lowest BCUT2D eigenvalue weighted by Crippen LogP contribution is -1.93. The lowest BCUT2D eigenvalue weighted by Gasteiger charge is -1.97. The first-order chi connectivity index (χ1) is 8.61. The molecule has 2 aromatic heterocycles. The Kier molecular flexibility index (Phi) is 2.06. The molecule has 0 fully saturated rings. The standard InChI is InChI=1S/C11H10N4O3/c16-7-1-5-2-9(12-6(5)3-8(7)17)13-10-4-11(18)15-14-10/h1-4,12,16-17H,(H3,13,14,15,18). The third kappa shape index (κ3) is 1.67. The predicted molar refractivity (Wildman–Crippen MR) is 66.3 cm³/mol. The van der Waals surface area contributed by atoms with Crippen molar-refractivity contribution in [1.82, 2.24) is 15.2 Å². The van der Waals surface area contributed by atoms with Crippen molar-refractivity contribution in [2.24, 2.45) is 0 Å². The maximum Gasteiger partial charge on any atom is 0.266 e. The molecule has 3 aromatic rings. The normalized spacial score (nSPS) is 10.9. The van der Waals surface area contributed by atoms with E-state index in [1.54, 1.807) is 6.07 Å². The smallest absolute Gasteiger partial charge is 0.266 e. The zero-order valence-corrected chi connectivity index (χ0v) is 9.11. The number of rotatable bonds is 2. The molecule has 7 nitrogen and oxygen atoms in total. The molecular weight excluding hydrogens is 236 g/mol. The molecule has 0 spiro atoms. The number of fused-ring (bicyclic) bond motifs is 1. The van der Waals surface area contributed by atoms with Crippen LogP contribution in [0.15, 0.2) is 29.1 Å². The van der Waals surface area contributed by atoms with Crippen LogP contribution >= 0.6 is 0 Å². The van der Waals surface area contributed by atoms with Gasteiger partial charge in [-0.1, -0.05) is 0 Å². The Morgan fingerprint density at radius 2 is 1.72 bits per heavy atom. The van der Waals surface area contributed by atoms with Crippen molar-refractivity contribution >= 4 is 22.5 Å². The highest BCUT2D eigenvalue weighted by Crippen LogP contribution is 2.31. The van der Waals surface area contributed by atoms with Crippen molar-refractivity contribution in [2.45, 2.75) is 0 Å². The molecule has 0 atom stereocenters. The second kappa shape index (κ2) is 3.59. The molecule has 0 bridgehead atoms. The van der Waals surface area contributed by atoms with E-state index in [0.717, 1.165) is 5.39 Å². The van der Waals surface area contributed by atoms with Crippen LogP contribution in [0.3, 0.4) is 0 Å². The van der Waals surface area contributed by atoms with Crippen LogP contribution in [-0.4, -0.2) is 25.4 Å². The summed E-state index contributed by atoms with van der Waals surface area (Å²) in [5.74, 6) is 0.777. The quantitative estimate of drug-likeness (QED) is 0.382. The number of aromatic amines is 3. The van der Waals surface area contributed by atoms with E-state index in [2.05, 4.69) is 20.5 Å². The van der Waals surface area contributed by atoms with Gasteiger partial charge in [-0.3, -0.25) is 15.0 Å². The van der Waals surface area contributed by atoms with E-state index in [-0.39, 0.29) is 17.1 Å². The summed E-state index contributed by atoms with van der Waals surface area (Å²) in [6.07, 6.45) is 0. The average molecular weight is 246 g/mol. The molecule has 0 aliphatic rings. The molecule has 0 saturated heterocycles. The number of nitrogens with one attached hydrogen (secondary N) is 4. The Morgan fingerprint density at radius 3 is 2.44 bits per heavy atom. The lowest BCUT2D eigenvalue weighted by molar-refractivity contribution is 0.405. The molecule has 7 heteroatoms. The molecular formula is C11H10N4O3. The molecule has 0 amide bonds. The SMILES string of the molecule is O=c1cc(Nc2cc3cc(O)c(O)cc3[nH]2)[nH][nH]1. The largest absolute Gasteiger partial charge is 0.504 e. The van der Waals surface area contributed by atoms with Gasteiger partial charge in [0.2, 0.25) is 0 Å². The summed E-state index contributed by atoms with van der Waals surface area (Å²) in [4.78, 5) is 13.9. The average Bonchev–Trinajstić information content (AvgIpc) is 2.86. The number of benzene rings is 1. The number of aromatic nitrogens is 3. The van der Waals surface area contributed by atoms with E-state index < -0.39 is 0 Å². The molecule has 92 valence electrons. The van der Waals surface area contributed by atoms with E-state index in [1.165, 1.54) is 18.2 Å². The third-order valence-corrected chi connectivity index (χ3v) is 2.58. The van der Waals surface area contributed by atoms with E-state index in [9.17, 15) is 15.0 Å². The minimum atomic E-state index is -0.232. The molecule has 0 aliphatic carbocycles. The van der Waals surface area contributed by atoms with Gasteiger partial charge in [-0.25, -0.2) is 0 Å². The Balaban J connectivity index is 2.00. The minimum Gasteiger partial charge on any atom is -0.504 e. The van der Waals surface area contributed by atoms with Crippen LogP contribution in [0.2, 0.25) is 0 Å². The van der Waals surface area contributed by atoms with Crippen molar-refractivity contribution in [1.29, 1.82) is 0 Å². The topological polar surface area (TPSA) is 117 Å². The van der Waals surface area contributed by atoms with Crippen molar-refractivity contribution in [3.05, 3.63) is 34.6 Å². The van der Waals surface area contributed by atoms with Crippen LogP contribution in [0.1, 0.15) is 0 Å². The first kappa shape index (κ1) is 10.3. The Bertz CT molecular complexity index is 729. The molecule has 18 heavy (non-hydrogen) atoms. The van der Waals surface area contributed by atoms with Crippen LogP contribution in [0, 0.1) is 0 Å². The molecule has 0 saturated carbocycles. The number of hydrogen-bond donors (Lipinski definition) is 6. The van der Waals surface area contributed by atoms with Gasteiger partial charge in [-0.2, -0.15) is 0 Å². The highest BCUT2D eigenvalue weighted by atomic mass is 16.3. The molecule has 0 radical (unpaired) electrons. The molecule has 1 aromatic carbocycles. The summed E-state index contributed by atoms with van der Waals surface area (Å²) in [7, 11) is 0. The van der Waals surface area contributed by atoms with E-state index >= 15 is 0 Å². The summed E-state index contributed by atoms with van der Waals surface area (Å²) >= 11 is 0. The first-order valence-corrected chi connectivity index (χ1v) is 5.21. The monoisotopic (exact) mass is 246 g/mol. The van der Waals surface area contributed by atoms with Crippen LogP contribution in [-0.2, 0) is 0 Å². The van der Waals surface area contributed by atoms with Gasteiger partial charge in [-0.05, 0) is 12.1 Å². The highest BCUT2D eigenvalue weighted by Gasteiger charge is 2.06. The van der Waals surface area contributed by atoms with Crippen molar-refractivity contribution in [2.75, 3.05) is 5.32 Å². The Morgan fingerprint density at radius 1 is 0.944 bits per heavy atom. The van der Waals surface area contributed by atoms with Gasteiger partial charge >= 0.3 is 0 Å². The lowest BCUT2D eigenvalue weighted by atomic mass is 10.2. The van der Waals surface area contributed by atoms with E-state index in [4.69, 9.17) is 0 Å². The molecule has 0 aliphatic heterocycles. The zero-order valence-electron chi connectivity index (χ0n) is 9.11. The van der Waals surface area contributed by atoms with Crippen molar-refractivity contribution < 1.29 is 10.2 Å². The van der Waals surface area contributed by atoms with Gasteiger partial charge in [0.25, 0.3) is 5.56 Å². The fourth-order valence-electron chi connectivity index (χ4n) is 1.77. The van der Waals surface area contributed by atoms with E-state index in [1.807, 2.05) is 0 Å². The summed E-state index contributed by atoms with van der Waals surface area (Å²) in [6.45, 7) is 0. The summed E-state index contributed by atoms with van der Waals surface area (Å²) < 4.78 is 0. The van der Waals surface area contributed by atoms with Crippen LogP contribution in [0.5, 0.6) is 11.5 Å². The van der Waals surface area contributed by atoms with Gasteiger partial charge in [0.15, 0.2) is 11.5 Å². The predicted octanol–water partition coefficient (Wildman–Crippen LogP) is 1.34. The number of anilines is 2. The Labute approximate surface area is 100 Å². The number of aromatic hydroxyl groups is 2. The van der Waals surface area contributed by atoms with Gasteiger partial charge in [0.1, 0.15) is 11.6 Å². The molecule has 6 N–H and O–H groups in total. The third-order valence-electron chi connectivity index (χ3n) is 2.58. The fraction of sp³-hybridized carbons (Fsp3) is 0. The maximum atomic E-state index is 10.9. The molecule has 0 unspecified atom stereocenters. The highest BCUT2D eigenvalue weighted by molar-refractivity contribution is 5.87. The Hall–Kier alpha value is -2.83. The second-order valence-electron chi connectivity index (χ2n) is 3.91. The zero-order chi connectivity index (χ0) is 12.7. The fourth-order valence-corrected chi connectivity index (χ4v) is 1.77. The number of phenolic OH excluding ortho intramolecular Hbond substituents is 2. The maximum absolute atomic E-state index is 10.9. The van der Waals surface area contributed by atoms with Crippen LogP contribution in [0.25, 0.3) is 10.9 Å². The van der Waals surface area contributed by atoms with Crippen LogP contribution in [0.4, 0.5) is 11.6 Å². The van der Waals surface area contributed by atoms with E-state index in [0.29, 0.717) is 17.2 Å². The van der Waals surface area contributed by atoms with Gasteiger partial charge in [-0.15, -0.1) is 0 Å². The summed E-state index contributed by atoms with van der Waals surface area (Å²) in [5, 5.41) is 27.5. The number of hydrogen-bond acceptors (Lipinski definition) is 4. The molecule has 2 heterocycles. The number of phenols is 2. The van der Waals surface area contributed by atoms with Crippen molar-refractivity contribution in [3.8, 4) is 11.5 Å². The van der Waals surface area contributed by atoms with Crippen LogP contribution < -0.4 is 10.9 Å². The second-order valence-corrected chi connectivity index (χ2v) is 3.91. The molecule has 3 rings (SSSR count). The number of H-pyrrole nitrogens is 3. The summed E-state index contributed by atoms with van der Waals surface area (Å²) in [6, 6.07) is 6.00.